The van der Waals surface area contributed by atoms with Gasteiger partial charge in [-0.25, -0.2) is 33.6 Å². The lowest BCUT2D eigenvalue weighted by atomic mass is 9.84. The third-order valence-electron chi connectivity index (χ3n) is 26.0. The van der Waals surface area contributed by atoms with Gasteiger partial charge in [-0.1, -0.05) is 141 Å². The van der Waals surface area contributed by atoms with Crippen molar-refractivity contribution < 1.29 is 125 Å². The molecule has 4 aromatic rings. The molecule has 12 rings (SSSR count). The van der Waals surface area contributed by atoms with Gasteiger partial charge >= 0.3 is 48.0 Å². The molecule has 4 saturated carbocycles. The van der Waals surface area contributed by atoms with E-state index in [1.54, 1.807) is 74.0 Å². The molecule has 4 saturated heterocycles. The van der Waals surface area contributed by atoms with Crippen molar-refractivity contribution in [3.63, 3.8) is 0 Å². The van der Waals surface area contributed by atoms with Gasteiger partial charge in [-0.05, 0) is 179 Å². The summed E-state index contributed by atoms with van der Waals surface area (Å²) < 4.78 is 39.9. The van der Waals surface area contributed by atoms with Gasteiger partial charge in [-0.2, -0.15) is 0 Å². The smallest absolute Gasteiger partial charge is 0.408 e. The molecule has 40 nitrogen and oxygen atoms in total. The number of hydrogen-bond acceptors (Lipinski definition) is 26. The molecule has 12 atom stereocenters. The first kappa shape index (κ1) is 113. The van der Waals surface area contributed by atoms with Crippen LogP contribution in [0.1, 0.15) is 268 Å². The van der Waals surface area contributed by atoms with Crippen molar-refractivity contribution in [3.8, 4) is 11.5 Å². The highest BCUT2D eigenvalue weighted by Gasteiger charge is 2.40. The van der Waals surface area contributed by atoms with Crippen LogP contribution in [-0.4, -0.2) is 244 Å². The summed E-state index contributed by atoms with van der Waals surface area (Å²) in [5.41, 5.74) is 12.2. The summed E-state index contributed by atoms with van der Waals surface area (Å²) in [7, 11) is 8.19. The van der Waals surface area contributed by atoms with Gasteiger partial charge in [0.15, 0.2) is 0 Å². The van der Waals surface area contributed by atoms with E-state index in [2.05, 4.69) is 67.9 Å². The minimum atomic E-state index is -0.989. The lowest BCUT2D eigenvalue weighted by Gasteiger charge is -2.29. The van der Waals surface area contributed by atoms with E-state index >= 15 is 0 Å². The number of carboxylic acid groups (broad SMARTS) is 2. The number of aliphatic carboxylic acids is 1. The second kappa shape index (κ2) is 56.9. The maximum Gasteiger partial charge on any atom is 0.408 e. The van der Waals surface area contributed by atoms with Crippen LogP contribution in [0.4, 0.5) is 9.59 Å². The lowest BCUT2D eigenvalue weighted by molar-refractivity contribution is -0.146. The molecule has 8 aliphatic rings. The summed E-state index contributed by atoms with van der Waals surface area (Å²) >= 11 is 0. The first-order valence-corrected chi connectivity index (χ1v) is 48.6. The summed E-state index contributed by atoms with van der Waals surface area (Å²) in [5.74, 6) is -4.56. The Morgan fingerprint density at radius 1 is 0.362 bits per heavy atom. The van der Waals surface area contributed by atoms with Crippen molar-refractivity contribution in [3.05, 3.63) is 59.9 Å². The number of carbonyl (C=O) groups excluding carboxylic acids is 14. The van der Waals surface area contributed by atoms with Gasteiger partial charge in [-0.15, -0.1) is 0 Å². The SMILES string of the molecule is CC(C)(C)OC(=O)N[C@@H](CC1CCCCC1)C(=O)O.COC(=O)[C@@H](N)C[C@@H]1CCNC1=O.COC(=O)[C@H](C[C@@H]1CCNC1=O)NC(=O)[C@@H](N)CC1CCCCC1.COC(=O)[C@H](C[C@@H]1CCNC1=O)NC(=O)[C@H](CC1CCCCC1)NC(=O)OC(C)(C)C.COC(=O)[C@H](C[C@@H]1CCNC1=O)NC(=O)[C@H](CC1CCCCC1)NC(=O)c1cc2c(OC)cccc2[nH]1.COc1cccc2[nH]c(C(=O)O)cc12. The van der Waals surface area contributed by atoms with Crippen LogP contribution in [0.2, 0.25) is 0 Å². The first-order chi connectivity index (χ1) is 65.6. The number of aromatic nitrogens is 2. The van der Waals surface area contributed by atoms with E-state index < -0.39 is 125 Å². The second-order valence-corrected chi connectivity index (χ2v) is 38.8. The summed E-state index contributed by atoms with van der Waals surface area (Å²) in [5, 5.41) is 46.6. The van der Waals surface area contributed by atoms with Crippen molar-refractivity contribution in [1.82, 2.24) is 63.1 Å². The predicted molar refractivity (Wildman–Crippen MR) is 509 cm³/mol. The Morgan fingerprint density at radius 3 is 0.993 bits per heavy atom. The number of hydrogen-bond donors (Lipinski definition) is 16. The third-order valence-corrected chi connectivity index (χ3v) is 26.0. The molecule has 2 aromatic carbocycles. The number of methoxy groups -OCH3 is 6. The minimum absolute atomic E-state index is 0.0145. The molecule has 10 amide bonds. The minimum Gasteiger partial charge on any atom is -0.496 e. The average Bonchev–Trinajstić information content (AvgIpc) is 1.66. The zero-order chi connectivity index (χ0) is 101. The van der Waals surface area contributed by atoms with E-state index in [4.69, 9.17) is 49.7 Å². The molecule has 6 heterocycles. The van der Waals surface area contributed by atoms with Crippen LogP contribution < -0.4 is 74.1 Å². The maximum absolute atomic E-state index is 13.5. The number of fused-ring (bicyclic) bond motifs is 2. The number of benzene rings is 2. The van der Waals surface area contributed by atoms with Crippen molar-refractivity contribution in [1.29, 1.82) is 0 Å². The van der Waals surface area contributed by atoms with Crippen LogP contribution in [0.5, 0.6) is 11.5 Å². The Bertz CT molecular complexity index is 4690. The topological polar surface area (TPSA) is 591 Å². The van der Waals surface area contributed by atoms with E-state index in [-0.39, 0.29) is 78.2 Å². The number of rotatable bonds is 34. The van der Waals surface area contributed by atoms with Crippen molar-refractivity contribution in [2.75, 3.05) is 68.8 Å². The van der Waals surface area contributed by atoms with Crippen LogP contribution >= 0.6 is 0 Å². The number of carbonyl (C=O) groups is 16. The molecule has 0 radical (unpaired) electrons. The number of aromatic amines is 2. The molecule has 18 N–H and O–H groups in total. The summed E-state index contributed by atoms with van der Waals surface area (Å²) in [6.45, 7) is 12.9. The molecule has 0 spiro atoms. The fourth-order valence-corrected chi connectivity index (χ4v) is 18.6. The first-order valence-electron chi connectivity index (χ1n) is 48.6. The van der Waals surface area contributed by atoms with E-state index in [0.29, 0.717) is 118 Å². The third kappa shape index (κ3) is 38.2. The van der Waals surface area contributed by atoms with Gasteiger partial charge in [0, 0.05) is 71.7 Å². The number of H-pyrrole nitrogens is 2. The molecule has 4 aliphatic carbocycles. The number of nitrogens with one attached hydrogen (secondary N) is 12. The van der Waals surface area contributed by atoms with Crippen LogP contribution in [0.15, 0.2) is 48.5 Å². The van der Waals surface area contributed by atoms with Crippen LogP contribution in [0, 0.1) is 47.3 Å². The number of ether oxygens (including phenoxy) is 8. The van der Waals surface area contributed by atoms with Gasteiger partial charge in [-0.3, -0.25) is 43.2 Å². The molecule has 0 unspecified atom stereocenters. The number of carboxylic acids is 2. The number of aromatic carboxylic acids is 1. The molecular weight excluding hydrogens is 1790 g/mol. The number of alkyl carbamates (subject to hydrolysis) is 2. The fraction of sp³-hybridized carbons (Fsp3) is 0.673. The quantitative estimate of drug-likeness (QED) is 0.0153. The zero-order valence-electron chi connectivity index (χ0n) is 82.2. The highest BCUT2D eigenvalue weighted by atomic mass is 16.6. The normalized spacial score (nSPS) is 20.2. The van der Waals surface area contributed by atoms with Gasteiger partial charge in [0.05, 0.1) is 48.7 Å². The Hall–Kier alpha value is -11.8. The Kier molecular flexibility index (Phi) is 46.6. The standard InChI is InChI=1S/C27H36N4O6.C22H37N3O6.C17H29N3O4.C14H25NO4.C10H9NO3.C8H14N2O3/c1-36-23-10-6-9-19-18(23)15-21(29-19)26(34)30-20(13-16-7-4-3-5-8-16)25(33)31-22(27(35)37-2)14-17-11-12-28-24(17)32;1-22(2,3)31-21(29)25-16(12-14-8-6-5-7-9-14)19(27)24-17(20(28)30-4)13-15-10-11-23-18(15)26;1-24-17(23)14(10-12-7-8-19-15(12)21)20-16(22)13(18)9-11-5-3-2-4-6-11;1-14(2,3)19-13(18)15-11(12(16)17)9-10-7-5-4-6-8-10;1-14-9-4-2-3-7-6(9)5-8(11-7)10(12)13;1-13-8(12)6(9)4-5-2-3-10-7(5)11/h6,9-10,15-17,20,22,29H,3-5,7-8,11-14H2,1-2H3,(H,28,32)(H,30,34)(H,31,33);14-17H,5-13H2,1-4H3,(H,23,26)(H,24,27)(H,25,29);11-14H,2-10,18H2,1H3,(H,19,21)(H,20,22);10-11H,4-9H2,1-3H3,(H,15,18)(H,16,17);2-5,11H,1H3,(H,12,13);5-6H,2-4,9H2,1H3,(H,10,11)/t17-,20-,22-;15-,16-,17-;12-,13-,14-;11-;;5-,6-/m0000.0/s1. The van der Waals surface area contributed by atoms with E-state index in [1.165, 1.54) is 67.0 Å². The summed E-state index contributed by atoms with van der Waals surface area (Å²) in [6.07, 6.45) is 26.6. The van der Waals surface area contributed by atoms with Gasteiger partial charge < -0.3 is 123 Å². The van der Waals surface area contributed by atoms with E-state index in [0.717, 1.165) is 118 Å². The summed E-state index contributed by atoms with van der Waals surface area (Å²) in [6, 6.07) is 7.58. The highest BCUT2D eigenvalue weighted by Crippen LogP contribution is 2.34. The number of nitrogens with two attached hydrogens (primary N) is 2. The number of esters is 4. The second-order valence-electron chi connectivity index (χ2n) is 38.8. The maximum atomic E-state index is 13.5. The van der Waals surface area contributed by atoms with Crippen molar-refractivity contribution in [2.24, 2.45) is 58.8 Å². The van der Waals surface area contributed by atoms with Crippen LogP contribution in [-0.2, 0) is 86.0 Å². The Morgan fingerprint density at radius 2 is 0.674 bits per heavy atom. The lowest BCUT2D eigenvalue weighted by Crippen LogP contribution is -2.53. The van der Waals surface area contributed by atoms with E-state index in [9.17, 15) is 81.8 Å². The predicted octanol–water partition coefficient (Wildman–Crippen LogP) is 8.75. The van der Waals surface area contributed by atoms with Crippen molar-refractivity contribution in [2.45, 2.75) is 307 Å². The fourth-order valence-electron chi connectivity index (χ4n) is 18.6. The molecule has 4 aliphatic heterocycles. The van der Waals surface area contributed by atoms with Crippen molar-refractivity contribution >= 4 is 117 Å². The van der Waals surface area contributed by atoms with E-state index in [1.807, 2.05) is 30.3 Å². The van der Waals surface area contributed by atoms with Gasteiger partial charge in [0.1, 0.15) is 76.4 Å². The molecule has 138 heavy (non-hydrogen) atoms. The van der Waals surface area contributed by atoms with Gasteiger partial charge in [0.2, 0.25) is 41.4 Å². The summed E-state index contributed by atoms with van der Waals surface area (Å²) in [4.78, 5) is 198. The zero-order valence-corrected chi connectivity index (χ0v) is 82.2. The molecule has 2 aromatic heterocycles. The Balaban J connectivity index is 0.000000234. The average molecular weight is 1940 g/mol. The molecule has 8 fully saturated rings. The number of amides is 10. The molecule has 768 valence electrons. The molecule has 40 heteroatoms. The van der Waals surface area contributed by atoms with Gasteiger partial charge in [0.25, 0.3) is 5.91 Å². The highest BCUT2D eigenvalue weighted by molar-refractivity contribution is 6.02. The monoisotopic (exact) mass is 1940 g/mol. The molecule has 0 bridgehead atoms. The largest absolute Gasteiger partial charge is 0.496 e. The van der Waals surface area contributed by atoms with Crippen LogP contribution in [0.3, 0.4) is 0 Å². The van der Waals surface area contributed by atoms with Crippen LogP contribution in [0.25, 0.3) is 21.8 Å². The molecular formula is C98H150N14O26. The Labute approximate surface area is 806 Å².